The van der Waals surface area contributed by atoms with Crippen LogP contribution in [0.4, 0.5) is 4.39 Å². The van der Waals surface area contributed by atoms with Crippen molar-refractivity contribution in [3.63, 3.8) is 0 Å². The maximum atomic E-state index is 14.3. The predicted molar refractivity (Wildman–Crippen MR) is 134 cm³/mol. The van der Waals surface area contributed by atoms with Crippen LogP contribution in [0.25, 0.3) is 10.8 Å². The monoisotopic (exact) mass is 479 g/mol. The molecule has 0 spiro atoms. The van der Waals surface area contributed by atoms with Gasteiger partial charge < -0.3 is 14.4 Å². The smallest absolute Gasteiger partial charge is 0.276 e. The van der Waals surface area contributed by atoms with E-state index in [4.69, 9.17) is 0 Å². The molecule has 0 atom stereocenters. The molecule has 2 aromatic heterocycles. The van der Waals surface area contributed by atoms with Gasteiger partial charge in [-0.1, -0.05) is 24.6 Å². The van der Waals surface area contributed by atoms with Crippen LogP contribution in [0.15, 0.2) is 35.3 Å². The molecule has 8 heteroatoms. The fraction of sp³-hybridized carbons (Fsp3) is 0.519. The SMILES string of the molecule is Cc1c2cnn(CC(=O)N3CCC(N4CCCCC4)CC3)c(=O)c2c(C)n1Cc1ccccc1F. The second-order valence-corrected chi connectivity index (χ2v) is 9.95. The molecule has 0 saturated carbocycles. The molecule has 2 fully saturated rings. The van der Waals surface area contributed by atoms with Crippen molar-refractivity contribution < 1.29 is 9.18 Å². The van der Waals surface area contributed by atoms with Crippen LogP contribution in [0.2, 0.25) is 0 Å². The Bertz CT molecular complexity index is 1280. The summed E-state index contributed by atoms with van der Waals surface area (Å²) in [5.74, 6) is -0.328. The first-order chi connectivity index (χ1) is 16.9. The molecule has 1 amide bonds. The van der Waals surface area contributed by atoms with Crippen LogP contribution >= 0.6 is 0 Å². The van der Waals surface area contributed by atoms with Gasteiger partial charge in [0.05, 0.1) is 18.1 Å². The highest BCUT2D eigenvalue weighted by molar-refractivity contribution is 5.87. The Labute approximate surface area is 205 Å². The zero-order valence-electron chi connectivity index (χ0n) is 20.7. The molecule has 0 N–H and O–H groups in total. The average Bonchev–Trinajstić information content (AvgIpc) is 3.12. The van der Waals surface area contributed by atoms with Crippen LogP contribution in [0.5, 0.6) is 0 Å². The van der Waals surface area contributed by atoms with Crippen LogP contribution in [-0.4, -0.2) is 62.3 Å². The number of aromatic nitrogens is 3. The Morgan fingerprint density at radius 2 is 1.74 bits per heavy atom. The van der Waals surface area contributed by atoms with E-state index in [0.29, 0.717) is 23.5 Å². The number of likely N-dealkylation sites (tertiary alicyclic amines) is 2. The van der Waals surface area contributed by atoms with Gasteiger partial charge in [-0.05, 0) is 58.7 Å². The number of benzene rings is 1. The number of carbonyl (C=O) groups excluding carboxylic acids is 1. The molecule has 7 nitrogen and oxygen atoms in total. The third kappa shape index (κ3) is 4.63. The Morgan fingerprint density at radius 3 is 2.46 bits per heavy atom. The topological polar surface area (TPSA) is 63.4 Å². The lowest BCUT2D eigenvalue weighted by Gasteiger charge is -2.40. The van der Waals surface area contributed by atoms with Crippen LogP contribution in [-0.2, 0) is 17.9 Å². The minimum atomic E-state index is -0.271. The zero-order valence-corrected chi connectivity index (χ0v) is 20.7. The predicted octanol–water partition coefficient (Wildman–Crippen LogP) is 3.48. The van der Waals surface area contributed by atoms with Gasteiger partial charge >= 0.3 is 0 Å². The number of rotatable bonds is 5. The van der Waals surface area contributed by atoms with Crippen molar-refractivity contribution in [2.45, 2.75) is 65.1 Å². The van der Waals surface area contributed by atoms with Crippen molar-refractivity contribution in [2.75, 3.05) is 26.2 Å². The number of hydrogen-bond donors (Lipinski definition) is 0. The summed E-state index contributed by atoms with van der Waals surface area (Å²) in [5, 5.41) is 5.62. The number of piperidine rings is 2. The molecule has 0 radical (unpaired) electrons. The first-order valence-electron chi connectivity index (χ1n) is 12.7. The second kappa shape index (κ2) is 9.93. The van der Waals surface area contributed by atoms with Gasteiger partial charge in [-0.2, -0.15) is 5.10 Å². The minimum absolute atomic E-state index is 0.0554. The van der Waals surface area contributed by atoms with Gasteiger partial charge in [0.2, 0.25) is 5.91 Å². The molecule has 0 aliphatic carbocycles. The molecule has 1 aromatic carbocycles. The Kier molecular flexibility index (Phi) is 6.73. The highest BCUT2D eigenvalue weighted by Gasteiger charge is 2.28. The van der Waals surface area contributed by atoms with Crippen molar-refractivity contribution in [3.8, 4) is 0 Å². The second-order valence-electron chi connectivity index (χ2n) is 9.95. The maximum Gasteiger partial charge on any atom is 0.276 e. The van der Waals surface area contributed by atoms with E-state index in [1.165, 1.54) is 43.1 Å². The summed E-state index contributed by atoms with van der Waals surface area (Å²) in [6.45, 7) is 7.88. The van der Waals surface area contributed by atoms with E-state index in [9.17, 15) is 14.0 Å². The molecule has 2 saturated heterocycles. The van der Waals surface area contributed by atoms with Gasteiger partial charge in [-0.3, -0.25) is 9.59 Å². The number of halogens is 1. The quantitative estimate of drug-likeness (QED) is 0.562. The van der Waals surface area contributed by atoms with Crippen molar-refractivity contribution in [1.82, 2.24) is 24.1 Å². The van der Waals surface area contributed by atoms with E-state index >= 15 is 0 Å². The van der Waals surface area contributed by atoms with Crippen molar-refractivity contribution in [2.24, 2.45) is 0 Å². The summed E-state index contributed by atoms with van der Waals surface area (Å²) < 4.78 is 17.5. The third-order valence-electron chi connectivity index (χ3n) is 7.90. The van der Waals surface area contributed by atoms with E-state index in [1.54, 1.807) is 18.3 Å². The number of aryl methyl sites for hydroxylation is 2. The minimum Gasteiger partial charge on any atom is -0.343 e. The fourth-order valence-electron chi connectivity index (χ4n) is 5.78. The highest BCUT2D eigenvalue weighted by Crippen LogP contribution is 2.24. The lowest BCUT2D eigenvalue weighted by molar-refractivity contribution is -0.133. The Hall–Kier alpha value is -3.00. The molecule has 0 unspecified atom stereocenters. The number of nitrogens with zero attached hydrogens (tertiary/aromatic N) is 5. The third-order valence-corrected chi connectivity index (χ3v) is 7.90. The Balaban J connectivity index is 1.32. The standard InChI is InChI=1S/C27H34FN5O2/c1-19-23-16-29-33(18-25(34)31-14-10-22(11-15-31)30-12-6-3-7-13-30)27(35)26(23)20(2)32(19)17-21-8-4-5-9-24(21)28/h4-5,8-9,16,22H,3,6-7,10-15,17-18H2,1-2H3. The number of hydrogen-bond acceptors (Lipinski definition) is 4. The molecule has 186 valence electrons. The first-order valence-corrected chi connectivity index (χ1v) is 12.7. The van der Waals surface area contributed by atoms with Crippen LogP contribution in [0.3, 0.4) is 0 Å². The van der Waals surface area contributed by atoms with Crippen LogP contribution in [0, 0.1) is 19.7 Å². The van der Waals surface area contributed by atoms with E-state index < -0.39 is 0 Å². The van der Waals surface area contributed by atoms with Gasteiger partial charge in [0.1, 0.15) is 12.4 Å². The maximum absolute atomic E-state index is 14.3. The summed E-state index contributed by atoms with van der Waals surface area (Å²) in [5.41, 5.74) is 1.92. The molecule has 2 aliphatic rings. The van der Waals surface area contributed by atoms with Gasteiger partial charge in [0.15, 0.2) is 0 Å². The van der Waals surface area contributed by atoms with Crippen molar-refractivity contribution >= 4 is 16.7 Å². The van der Waals surface area contributed by atoms with Gasteiger partial charge in [0.25, 0.3) is 5.56 Å². The number of amides is 1. The van der Waals surface area contributed by atoms with E-state index in [-0.39, 0.29) is 23.8 Å². The number of carbonyl (C=O) groups is 1. The van der Waals surface area contributed by atoms with Crippen LogP contribution < -0.4 is 5.56 Å². The molecule has 2 aliphatic heterocycles. The van der Waals surface area contributed by atoms with Crippen molar-refractivity contribution in [3.05, 3.63) is 63.6 Å². The largest absolute Gasteiger partial charge is 0.343 e. The number of fused-ring (bicyclic) bond motifs is 1. The van der Waals surface area contributed by atoms with Crippen molar-refractivity contribution in [1.29, 1.82) is 0 Å². The zero-order chi connectivity index (χ0) is 24.5. The van der Waals surface area contributed by atoms with E-state index in [0.717, 1.165) is 42.7 Å². The molecule has 0 bridgehead atoms. The summed E-state index contributed by atoms with van der Waals surface area (Å²) in [7, 11) is 0. The fourth-order valence-corrected chi connectivity index (χ4v) is 5.78. The molecule has 5 rings (SSSR count). The summed E-state index contributed by atoms with van der Waals surface area (Å²) in [6, 6.07) is 7.24. The van der Waals surface area contributed by atoms with Gasteiger partial charge in [-0.25, -0.2) is 9.07 Å². The van der Waals surface area contributed by atoms with Gasteiger partial charge in [0, 0.05) is 41.5 Å². The molecule has 35 heavy (non-hydrogen) atoms. The molecule has 3 aromatic rings. The summed E-state index contributed by atoms with van der Waals surface area (Å²) in [6.07, 6.45) is 7.51. The highest BCUT2D eigenvalue weighted by atomic mass is 19.1. The van der Waals surface area contributed by atoms with Crippen LogP contribution in [0.1, 0.15) is 49.1 Å². The lowest BCUT2D eigenvalue weighted by atomic mass is 10.00. The summed E-state index contributed by atoms with van der Waals surface area (Å²) >= 11 is 0. The first kappa shape index (κ1) is 23.7. The Morgan fingerprint density at radius 1 is 1.03 bits per heavy atom. The van der Waals surface area contributed by atoms with Gasteiger partial charge in [-0.15, -0.1) is 0 Å². The molecular weight excluding hydrogens is 445 g/mol. The van der Waals surface area contributed by atoms with E-state index in [1.807, 2.05) is 29.4 Å². The molecular formula is C27H34FN5O2. The van der Waals surface area contributed by atoms with E-state index in [2.05, 4.69) is 10.00 Å². The molecule has 4 heterocycles. The average molecular weight is 480 g/mol. The normalized spacial score (nSPS) is 17.9. The summed E-state index contributed by atoms with van der Waals surface area (Å²) in [4.78, 5) is 30.8. The lowest BCUT2D eigenvalue weighted by Crippen LogP contribution is -2.49.